The molecule has 1 aliphatic carbocycles. The Hall–Kier alpha value is -0.650. The molecule has 1 heterocycles. The van der Waals surface area contributed by atoms with E-state index in [1.807, 2.05) is 0 Å². The van der Waals surface area contributed by atoms with Gasteiger partial charge in [0.1, 0.15) is 0 Å². The number of rotatable bonds is 6. The minimum Gasteiger partial charge on any atom is -0.353 e. The Kier molecular flexibility index (Phi) is 6.02. The van der Waals surface area contributed by atoms with Crippen LogP contribution < -0.4 is 10.6 Å². The molecular formula is C16H32N4O. The highest BCUT2D eigenvalue weighted by Gasteiger charge is 2.29. The van der Waals surface area contributed by atoms with Crippen molar-refractivity contribution in [3.63, 3.8) is 0 Å². The highest BCUT2D eigenvalue weighted by Crippen LogP contribution is 2.17. The lowest BCUT2D eigenvalue weighted by molar-refractivity contribution is -0.121. The van der Waals surface area contributed by atoms with Crippen molar-refractivity contribution in [1.82, 2.24) is 20.4 Å². The molecule has 1 saturated heterocycles. The van der Waals surface area contributed by atoms with E-state index in [0.717, 1.165) is 32.7 Å². The number of piperazine rings is 1. The average molecular weight is 296 g/mol. The maximum atomic E-state index is 12.0. The molecule has 122 valence electrons. The Balaban J connectivity index is 1.66. The number of hydrogen-bond donors (Lipinski definition) is 2. The van der Waals surface area contributed by atoms with Crippen molar-refractivity contribution >= 4 is 5.91 Å². The lowest BCUT2D eigenvalue weighted by Gasteiger charge is -2.43. The van der Waals surface area contributed by atoms with E-state index in [0.29, 0.717) is 12.6 Å². The molecule has 2 aliphatic rings. The minimum absolute atomic E-state index is 0.0320. The number of carbonyl (C=O) groups excluding carboxylic acids is 1. The largest absolute Gasteiger partial charge is 0.353 e. The number of amides is 1. The monoisotopic (exact) mass is 296 g/mol. The third-order valence-electron chi connectivity index (χ3n) is 4.98. The molecule has 5 heteroatoms. The van der Waals surface area contributed by atoms with E-state index in [2.05, 4.69) is 41.3 Å². The average Bonchev–Trinajstić information content (AvgIpc) is 2.97. The van der Waals surface area contributed by atoms with Gasteiger partial charge in [-0.3, -0.25) is 9.69 Å². The van der Waals surface area contributed by atoms with Crippen LogP contribution in [0.3, 0.4) is 0 Å². The molecule has 0 unspecified atom stereocenters. The van der Waals surface area contributed by atoms with Crippen molar-refractivity contribution in [2.45, 2.75) is 51.1 Å². The Morgan fingerprint density at radius 1 is 1.14 bits per heavy atom. The van der Waals surface area contributed by atoms with Crippen LogP contribution in [-0.4, -0.2) is 73.6 Å². The molecular weight excluding hydrogens is 264 g/mol. The molecule has 1 saturated carbocycles. The summed E-state index contributed by atoms with van der Waals surface area (Å²) < 4.78 is 0. The van der Waals surface area contributed by atoms with Crippen LogP contribution in [-0.2, 0) is 4.79 Å². The minimum atomic E-state index is 0.0320. The molecule has 0 aromatic rings. The predicted molar refractivity (Wildman–Crippen MR) is 86.4 cm³/mol. The maximum Gasteiger partial charge on any atom is 0.234 e. The zero-order valence-electron chi connectivity index (χ0n) is 14.0. The molecule has 2 fully saturated rings. The van der Waals surface area contributed by atoms with Crippen molar-refractivity contribution in [2.24, 2.45) is 0 Å². The van der Waals surface area contributed by atoms with E-state index in [-0.39, 0.29) is 11.4 Å². The first-order chi connectivity index (χ1) is 9.97. The lowest BCUT2D eigenvalue weighted by Crippen LogP contribution is -2.58. The van der Waals surface area contributed by atoms with E-state index in [1.165, 1.54) is 25.7 Å². The highest BCUT2D eigenvalue weighted by molar-refractivity contribution is 5.78. The molecule has 21 heavy (non-hydrogen) atoms. The number of carbonyl (C=O) groups is 1. The van der Waals surface area contributed by atoms with E-state index >= 15 is 0 Å². The lowest BCUT2D eigenvalue weighted by atomic mass is 10.0. The molecule has 1 amide bonds. The summed E-state index contributed by atoms with van der Waals surface area (Å²) in [5, 5.41) is 6.47. The molecule has 0 atom stereocenters. The molecule has 0 aromatic heterocycles. The predicted octanol–water partition coefficient (Wildman–Crippen LogP) is 0.661. The zero-order chi connectivity index (χ0) is 15.3. The van der Waals surface area contributed by atoms with Gasteiger partial charge in [-0.05, 0) is 33.7 Å². The first-order valence-electron chi connectivity index (χ1n) is 8.41. The second-order valence-electron chi connectivity index (χ2n) is 7.24. The van der Waals surface area contributed by atoms with Gasteiger partial charge in [-0.2, -0.15) is 0 Å². The van der Waals surface area contributed by atoms with Crippen LogP contribution in [0.25, 0.3) is 0 Å². The van der Waals surface area contributed by atoms with Gasteiger partial charge in [-0.25, -0.2) is 0 Å². The fraction of sp³-hybridized carbons (Fsp3) is 0.938. The first kappa shape index (κ1) is 16.7. The van der Waals surface area contributed by atoms with Crippen LogP contribution in [0.5, 0.6) is 0 Å². The summed E-state index contributed by atoms with van der Waals surface area (Å²) in [6.45, 7) is 10.0. The van der Waals surface area contributed by atoms with Gasteiger partial charge < -0.3 is 15.5 Å². The fourth-order valence-corrected chi connectivity index (χ4v) is 3.27. The Morgan fingerprint density at radius 2 is 1.76 bits per heavy atom. The third-order valence-corrected chi connectivity index (χ3v) is 4.98. The summed E-state index contributed by atoms with van der Waals surface area (Å²) in [6, 6.07) is 0.557. The highest BCUT2D eigenvalue weighted by atomic mass is 16.1. The topological polar surface area (TPSA) is 47.6 Å². The molecule has 0 spiro atoms. The molecule has 5 nitrogen and oxygen atoms in total. The van der Waals surface area contributed by atoms with Crippen molar-refractivity contribution in [2.75, 3.05) is 46.3 Å². The third kappa shape index (κ3) is 5.24. The van der Waals surface area contributed by atoms with Crippen molar-refractivity contribution in [3.05, 3.63) is 0 Å². The quantitative estimate of drug-likeness (QED) is 0.756. The zero-order valence-corrected chi connectivity index (χ0v) is 14.0. The van der Waals surface area contributed by atoms with Crippen LogP contribution in [0.4, 0.5) is 0 Å². The van der Waals surface area contributed by atoms with Crippen LogP contribution in [0.15, 0.2) is 0 Å². The second-order valence-corrected chi connectivity index (χ2v) is 7.24. The van der Waals surface area contributed by atoms with Crippen LogP contribution in [0.1, 0.15) is 39.5 Å². The standard InChI is InChI=1S/C16H32N4O/c1-16(2,20-10-8-19(3)9-11-20)13-18-15(21)12-17-14-6-4-5-7-14/h14,17H,4-13H2,1-3H3,(H,18,21). The maximum absolute atomic E-state index is 12.0. The molecule has 0 aromatic carbocycles. The Morgan fingerprint density at radius 3 is 2.38 bits per heavy atom. The second kappa shape index (κ2) is 7.56. The number of hydrogen-bond acceptors (Lipinski definition) is 4. The molecule has 0 radical (unpaired) electrons. The Bertz CT molecular complexity index is 331. The van der Waals surface area contributed by atoms with Gasteiger partial charge in [-0.1, -0.05) is 12.8 Å². The van der Waals surface area contributed by atoms with Gasteiger partial charge in [-0.15, -0.1) is 0 Å². The molecule has 2 N–H and O–H groups in total. The van der Waals surface area contributed by atoms with Gasteiger partial charge >= 0.3 is 0 Å². The first-order valence-corrected chi connectivity index (χ1v) is 8.41. The SMILES string of the molecule is CN1CCN(C(C)(C)CNC(=O)CNC2CCCC2)CC1. The summed E-state index contributed by atoms with van der Waals surface area (Å²) in [7, 11) is 2.17. The Labute approximate surface area is 129 Å². The van der Waals surface area contributed by atoms with E-state index in [4.69, 9.17) is 0 Å². The molecule has 0 bridgehead atoms. The normalized spacial score (nSPS) is 22.6. The number of likely N-dealkylation sites (N-methyl/N-ethyl adjacent to an activating group) is 1. The van der Waals surface area contributed by atoms with Gasteiger partial charge in [0.2, 0.25) is 5.91 Å². The molecule has 1 aliphatic heterocycles. The summed E-state index contributed by atoms with van der Waals surface area (Å²) >= 11 is 0. The van der Waals surface area contributed by atoms with Crippen molar-refractivity contribution in [3.8, 4) is 0 Å². The van der Waals surface area contributed by atoms with Gasteiger partial charge in [0, 0.05) is 44.3 Å². The van der Waals surface area contributed by atoms with E-state index < -0.39 is 0 Å². The fourth-order valence-electron chi connectivity index (χ4n) is 3.27. The summed E-state index contributed by atoms with van der Waals surface area (Å²) in [4.78, 5) is 16.8. The van der Waals surface area contributed by atoms with E-state index in [1.54, 1.807) is 0 Å². The van der Waals surface area contributed by atoms with Crippen LogP contribution in [0, 0.1) is 0 Å². The van der Waals surface area contributed by atoms with Crippen molar-refractivity contribution in [1.29, 1.82) is 0 Å². The number of nitrogens with zero attached hydrogens (tertiary/aromatic N) is 2. The van der Waals surface area contributed by atoms with E-state index in [9.17, 15) is 4.79 Å². The summed E-state index contributed by atoms with van der Waals surface area (Å²) in [5.74, 6) is 0.129. The molecule has 2 rings (SSSR count). The van der Waals surface area contributed by atoms with Crippen LogP contribution in [0.2, 0.25) is 0 Å². The van der Waals surface area contributed by atoms with Gasteiger partial charge in [0.05, 0.1) is 6.54 Å². The summed E-state index contributed by atoms with van der Waals surface area (Å²) in [6.07, 6.45) is 5.05. The van der Waals surface area contributed by atoms with Gasteiger partial charge in [0.25, 0.3) is 0 Å². The van der Waals surface area contributed by atoms with Gasteiger partial charge in [0.15, 0.2) is 0 Å². The van der Waals surface area contributed by atoms with Crippen LogP contribution >= 0.6 is 0 Å². The van der Waals surface area contributed by atoms with Crippen molar-refractivity contribution < 1.29 is 4.79 Å². The smallest absolute Gasteiger partial charge is 0.234 e. The number of nitrogens with one attached hydrogen (secondary N) is 2. The summed E-state index contributed by atoms with van der Waals surface area (Å²) in [5.41, 5.74) is 0.0320.